The first-order valence-electron chi connectivity index (χ1n) is 11.3. The molecule has 0 aromatic heterocycles. The summed E-state index contributed by atoms with van der Waals surface area (Å²) in [4.78, 5) is 10.6. The molecule has 0 radical (unpaired) electrons. The largest absolute Gasteiger partial charge is 0.389 e. The maximum atomic E-state index is 10.6. The summed E-state index contributed by atoms with van der Waals surface area (Å²) < 4.78 is 0. The van der Waals surface area contributed by atoms with Crippen molar-refractivity contribution in [3.05, 3.63) is 107 Å². The van der Waals surface area contributed by atoms with Crippen molar-refractivity contribution in [1.82, 2.24) is 0 Å². The molecule has 1 N–H and O–H groups in total. The minimum absolute atomic E-state index is 0.0598. The van der Waals surface area contributed by atoms with E-state index in [1.165, 1.54) is 16.7 Å². The molecule has 0 heterocycles. The lowest BCUT2D eigenvalue weighted by molar-refractivity contribution is -0.104. The quantitative estimate of drug-likeness (QED) is 0.177. The molecule has 0 spiro atoms. The Morgan fingerprint density at radius 1 is 0.844 bits per heavy atom. The van der Waals surface area contributed by atoms with Crippen molar-refractivity contribution in [2.24, 2.45) is 11.3 Å². The van der Waals surface area contributed by atoms with E-state index in [2.05, 4.69) is 71.1 Å². The molecule has 0 saturated heterocycles. The molecule has 2 unspecified atom stereocenters. The minimum Gasteiger partial charge on any atom is -0.389 e. The molecule has 1 aliphatic carbocycles. The topological polar surface area (TPSA) is 37.3 Å². The molecule has 0 aromatic carbocycles. The lowest BCUT2D eigenvalue weighted by Gasteiger charge is -2.38. The summed E-state index contributed by atoms with van der Waals surface area (Å²) in [5, 5.41) is 9.99. The predicted molar refractivity (Wildman–Crippen MR) is 139 cm³/mol. The second-order valence-electron chi connectivity index (χ2n) is 9.37. The first kappa shape index (κ1) is 27.3. The zero-order valence-electron chi connectivity index (χ0n) is 20.8. The number of aliphatic hydroxyl groups excluding tert-OH is 1. The van der Waals surface area contributed by atoms with Crippen LogP contribution in [0, 0.1) is 11.3 Å². The van der Waals surface area contributed by atoms with Crippen molar-refractivity contribution in [1.29, 1.82) is 0 Å². The second-order valence-corrected chi connectivity index (χ2v) is 9.37. The van der Waals surface area contributed by atoms with Gasteiger partial charge in [0.1, 0.15) is 6.29 Å². The number of aliphatic hydroxyl groups is 1. The molecule has 0 saturated carbocycles. The third kappa shape index (κ3) is 10.5. The number of hydrogen-bond acceptors (Lipinski definition) is 2. The average molecular weight is 433 g/mol. The van der Waals surface area contributed by atoms with E-state index in [1.54, 1.807) is 13.0 Å². The van der Waals surface area contributed by atoms with E-state index in [0.717, 1.165) is 18.3 Å². The molecule has 0 fully saturated rings. The minimum atomic E-state index is -0.330. The third-order valence-corrected chi connectivity index (χ3v) is 5.53. The lowest BCUT2D eigenvalue weighted by Crippen LogP contribution is -2.32. The van der Waals surface area contributed by atoms with Gasteiger partial charge in [-0.05, 0) is 52.0 Å². The molecule has 1 rings (SSSR count). The van der Waals surface area contributed by atoms with Gasteiger partial charge >= 0.3 is 0 Å². The zero-order chi connectivity index (χ0) is 24.1. The molecule has 0 amide bonds. The van der Waals surface area contributed by atoms with E-state index < -0.39 is 0 Å². The standard InChI is InChI=1S/C30H40O2/c1-23(12-8-9-13-24(2)15-11-17-26(4)22-31)14-10-16-25(3)18-19-29-27(5)20-28(32)21-30(29,6)7/h8-20,22,28-29,32H,21H2,1-7H3/b9-8+,14-10+,15-11+,19-18+,23-12+,24-13+,25-16+,26-17+. The highest BCUT2D eigenvalue weighted by Gasteiger charge is 2.34. The fourth-order valence-electron chi connectivity index (χ4n) is 3.73. The SMILES string of the molecule is CC1=CC(O)CC(C)(C)C1/C=C/C(C)=C/C=C/C(C)=C/C=C/C=C(C)/C=C/C=C(\C)C=O. The maximum absolute atomic E-state index is 10.6. The molecular formula is C30H40O2. The Kier molecular flexibility index (Phi) is 11.7. The van der Waals surface area contributed by atoms with Gasteiger partial charge in [-0.2, -0.15) is 0 Å². The molecule has 1 aliphatic rings. The van der Waals surface area contributed by atoms with Crippen molar-refractivity contribution < 1.29 is 9.90 Å². The highest BCUT2D eigenvalue weighted by atomic mass is 16.3. The van der Waals surface area contributed by atoms with E-state index >= 15 is 0 Å². The van der Waals surface area contributed by atoms with E-state index in [4.69, 9.17) is 0 Å². The maximum Gasteiger partial charge on any atom is 0.145 e. The highest BCUT2D eigenvalue weighted by molar-refractivity contribution is 5.72. The number of carbonyl (C=O) groups is 1. The van der Waals surface area contributed by atoms with Crippen LogP contribution in [0.3, 0.4) is 0 Å². The zero-order valence-corrected chi connectivity index (χ0v) is 20.8. The highest BCUT2D eigenvalue weighted by Crippen LogP contribution is 2.41. The molecular weight excluding hydrogens is 392 g/mol. The first-order chi connectivity index (χ1) is 15.0. The molecule has 0 bridgehead atoms. The van der Waals surface area contributed by atoms with Crippen molar-refractivity contribution in [3.63, 3.8) is 0 Å². The average Bonchev–Trinajstić information content (AvgIpc) is 2.69. The number of aldehydes is 1. The number of rotatable bonds is 9. The number of hydrogen-bond donors (Lipinski definition) is 1. The van der Waals surface area contributed by atoms with Crippen molar-refractivity contribution in [3.8, 4) is 0 Å². The summed E-state index contributed by atoms with van der Waals surface area (Å²) >= 11 is 0. The van der Waals surface area contributed by atoms with Gasteiger partial charge in [0.05, 0.1) is 6.10 Å². The van der Waals surface area contributed by atoms with Crippen LogP contribution in [-0.2, 0) is 4.79 Å². The smallest absolute Gasteiger partial charge is 0.145 e. The van der Waals surface area contributed by atoms with Crippen LogP contribution in [0.4, 0.5) is 0 Å². The van der Waals surface area contributed by atoms with Crippen molar-refractivity contribution >= 4 is 6.29 Å². The molecule has 0 aliphatic heterocycles. The van der Waals surface area contributed by atoms with Gasteiger partial charge in [-0.3, -0.25) is 4.79 Å². The van der Waals surface area contributed by atoms with Crippen LogP contribution in [0.5, 0.6) is 0 Å². The summed E-state index contributed by atoms with van der Waals surface area (Å²) in [6.45, 7) is 14.5. The Hall–Kier alpha value is -2.71. The Labute approximate surface area is 195 Å². The van der Waals surface area contributed by atoms with Crippen molar-refractivity contribution in [2.45, 2.75) is 61.0 Å². The summed E-state index contributed by atoms with van der Waals surface area (Å²) in [5.74, 6) is 0.349. The van der Waals surface area contributed by atoms with Gasteiger partial charge in [0.15, 0.2) is 0 Å². The second kappa shape index (κ2) is 13.6. The fraction of sp³-hybridized carbons (Fsp3) is 0.367. The van der Waals surface area contributed by atoms with Crippen LogP contribution in [0.15, 0.2) is 107 Å². The van der Waals surface area contributed by atoms with Gasteiger partial charge in [0.25, 0.3) is 0 Å². The summed E-state index contributed by atoms with van der Waals surface area (Å²) in [7, 11) is 0. The predicted octanol–water partition coefficient (Wildman–Crippen LogP) is 7.55. The van der Waals surface area contributed by atoms with Gasteiger partial charge in [-0.15, -0.1) is 0 Å². The van der Waals surface area contributed by atoms with Gasteiger partial charge in [0.2, 0.25) is 0 Å². The van der Waals surface area contributed by atoms with Crippen LogP contribution in [0.25, 0.3) is 0 Å². The summed E-state index contributed by atoms with van der Waals surface area (Å²) in [6.07, 6.45) is 27.8. The van der Waals surface area contributed by atoms with Crippen LogP contribution in [0.1, 0.15) is 54.9 Å². The van der Waals surface area contributed by atoms with Crippen LogP contribution >= 0.6 is 0 Å². The number of carbonyl (C=O) groups excluding carboxylic acids is 1. The van der Waals surface area contributed by atoms with E-state index in [1.807, 2.05) is 43.4 Å². The van der Waals surface area contributed by atoms with E-state index in [9.17, 15) is 9.90 Å². The van der Waals surface area contributed by atoms with E-state index in [0.29, 0.717) is 11.5 Å². The van der Waals surface area contributed by atoms with Gasteiger partial charge in [0, 0.05) is 5.92 Å². The number of allylic oxidation sites excluding steroid dienone is 17. The van der Waals surface area contributed by atoms with Crippen molar-refractivity contribution in [2.75, 3.05) is 0 Å². The summed E-state index contributed by atoms with van der Waals surface area (Å²) in [6, 6.07) is 0. The fourth-order valence-corrected chi connectivity index (χ4v) is 3.73. The Bertz CT molecular complexity index is 908. The van der Waals surface area contributed by atoms with E-state index in [-0.39, 0.29) is 11.5 Å². The lowest BCUT2D eigenvalue weighted by atomic mass is 9.67. The van der Waals surface area contributed by atoms with Gasteiger partial charge in [-0.1, -0.05) is 115 Å². The molecule has 2 nitrogen and oxygen atoms in total. The molecule has 32 heavy (non-hydrogen) atoms. The summed E-state index contributed by atoms with van der Waals surface area (Å²) in [5.41, 5.74) is 5.49. The first-order valence-corrected chi connectivity index (χ1v) is 11.3. The normalized spacial score (nSPS) is 23.7. The molecule has 2 heteroatoms. The molecule has 0 aromatic rings. The Morgan fingerprint density at radius 3 is 1.81 bits per heavy atom. The Balaban J connectivity index is 2.66. The van der Waals surface area contributed by atoms with Gasteiger partial charge in [-0.25, -0.2) is 0 Å². The molecule has 172 valence electrons. The van der Waals surface area contributed by atoms with Crippen LogP contribution in [-0.4, -0.2) is 17.5 Å². The van der Waals surface area contributed by atoms with Crippen LogP contribution < -0.4 is 0 Å². The molecule has 2 atom stereocenters. The third-order valence-electron chi connectivity index (χ3n) is 5.53. The van der Waals surface area contributed by atoms with Gasteiger partial charge < -0.3 is 5.11 Å². The Morgan fingerprint density at radius 2 is 1.31 bits per heavy atom. The monoisotopic (exact) mass is 432 g/mol. The van der Waals surface area contributed by atoms with Crippen LogP contribution in [0.2, 0.25) is 0 Å².